The lowest BCUT2D eigenvalue weighted by atomic mass is 10.1. The molecule has 0 bridgehead atoms. The van der Waals surface area contributed by atoms with E-state index in [1.165, 1.54) is 38.5 Å². The Balaban J connectivity index is 2.21. The number of alkyl carbamates (subject to hydrolysis) is 1. The molecular weight excluding hydrogens is 354 g/mol. The second kappa shape index (κ2) is 16.6. The molecule has 0 aromatic heterocycles. The second-order valence-electron chi connectivity index (χ2n) is 7.94. The molecule has 164 valence electrons. The van der Waals surface area contributed by atoms with Gasteiger partial charge in [0.2, 0.25) is 5.91 Å². The summed E-state index contributed by atoms with van der Waals surface area (Å²) >= 11 is 0. The SMILES string of the molecule is CCCCCCCCCCC(=O)N1CCCC[C@H]1OC(=O)NCCCCCN. The van der Waals surface area contributed by atoms with Gasteiger partial charge < -0.3 is 20.7 Å². The average molecular weight is 398 g/mol. The van der Waals surface area contributed by atoms with Crippen molar-refractivity contribution in [3.05, 3.63) is 0 Å². The highest BCUT2D eigenvalue weighted by molar-refractivity contribution is 5.77. The van der Waals surface area contributed by atoms with Crippen molar-refractivity contribution in [3.8, 4) is 0 Å². The normalized spacial score (nSPS) is 16.8. The quantitative estimate of drug-likeness (QED) is 0.392. The Hall–Kier alpha value is -1.30. The van der Waals surface area contributed by atoms with Crippen molar-refractivity contribution < 1.29 is 14.3 Å². The number of rotatable bonds is 15. The van der Waals surface area contributed by atoms with E-state index < -0.39 is 12.3 Å². The molecule has 1 atom stereocenters. The number of nitrogens with two attached hydrogens (primary N) is 1. The predicted octanol–water partition coefficient (Wildman–Crippen LogP) is 4.71. The number of carbonyl (C=O) groups excluding carboxylic acids is 2. The topological polar surface area (TPSA) is 84.7 Å². The summed E-state index contributed by atoms with van der Waals surface area (Å²) in [5.41, 5.74) is 5.46. The summed E-state index contributed by atoms with van der Waals surface area (Å²) in [7, 11) is 0. The fourth-order valence-corrected chi connectivity index (χ4v) is 3.66. The maximum absolute atomic E-state index is 12.6. The van der Waals surface area contributed by atoms with Crippen LogP contribution in [-0.4, -0.2) is 42.8 Å². The van der Waals surface area contributed by atoms with Gasteiger partial charge in [-0.2, -0.15) is 0 Å². The number of hydrogen-bond acceptors (Lipinski definition) is 4. The zero-order valence-electron chi connectivity index (χ0n) is 18.1. The molecule has 1 aliphatic rings. The standard InChI is InChI=1S/C22H43N3O3/c1-2-3-4-5-6-7-8-10-15-20(26)25-19-14-11-16-21(25)28-22(27)24-18-13-9-12-17-23/h21H,2-19,23H2,1H3,(H,24,27)/t21-/m1/s1. The van der Waals surface area contributed by atoms with Crippen LogP contribution in [0.15, 0.2) is 0 Å². The molecule has 2 amide bonds. The first-order valence-corrected chi connectivity index (χ1v) is 11.6. The van der Waals surface area contributed by atoms with Crippen molar-refractivity contribution in [2.75, 3.05) is 19.6 Å². The molecule has 0 saturated carbocycles. The highest BCUT2D eigenvalue weighted by atomic mass is 16.6. The number of unbranched alkanes of at least 4 members (excludes halogenated alkanes) is 9. The third-order valence-electron chi connectivity index (χ3n) is 5.41. The molecule has 0 radical (unpaired) electrons. The maximum atomic E-state index is 12.6. The molecule has 0 spiro atoms. The monoisotopic (exact) mass is 397 g/mol. The summed E-state index contributed by atoms with van der Waals surface area (Å²) in [6.45, 7) is 4.21. The van der Waals surface area contributed by atoms with E-state index in [-0.39, 0.29) is 5.91 Å². The second-order valence-corrected chi connectivity index (χ2v) is 7.94. The Morgan fingerprint density at radius 2 is 1.64 bits per heavy atom. The van der Waals surface area contributed by atoms with Gasteiger partial charge in [0.15, 0.2) is 6.23 Å². The minimum atomic E-state index is -0.412. The van der Waals surface area contributed by atoms with Gasteiger partial charge in [-0.3, -0.25) is 4.79 Å². The van der Waals surface area contributed by atoms with Crippen LogP contribution in [0.4, 0.5) is 4.79 Å². The first-order valence-electron chi connectivity index (χ1n) is 11.6. The van der Waals surface area contributed by atoms with E-state index in [1.807, 2.05) is 0 Å². The van der Waals surface area contributed by atoms with Crippen LogP contribution in [0.3, 0.4) is 0 Å². The number of carbonyl (C=O) groups is 2. The Morgan fingerprint density at radius 3 is 2.36 bits per heavy atom. The van der Waals surface area contributed by atoms with E-state index >= 15 is 0 Å². The fourth-order valence-electron chi connectivity index (χ4n) is 3.66. The van der Waals surface area contributed by atoms with Gasteiger partial charge in [0.25, 0.3) is 0 Å². The molecule has 6 nitrogen and oxygen atoms in total. The lowest BCUT2D eigenvalue weighted by molar-refractivity contribution is -0.144. The molecule has 0 aliphatic carbocycles. The summed E-state index contributed by atoms with van der Waals surface area (Å²) < 4.78 is 5.54. The molecule has 3 N–H and O–H groups in total. The number of nitrogens with one attached hydrogen (secondary N) is 1. The largest absolute Gasteiger partial charge is 0.425 e. The summed E-state index contributed by atoms with van der Waals surface area (Å²) in [4.78, 5) is 26.4. The van der Waals surface area contributed by atoms with Crippen molar-refractivity contribution in [3.63, 3.8) is 0 Å². The van der Waals surface area contributed by atoms with E-state index in [9.17, 15) is 9.59 Å². The van der Waals surface area contributed by atoms with E-state index in [0.29, 0.717) is 26.1 Å². The van der Waals surface area contributed by atoms with Gasteiger partial charge in [-0.25, -0.2) is 4.79 Å². The van der Waals surface area contributed by atoms with E-state index in [4.69, 9.17) is 10.5 Å². The maximum Gasteiger partial charge on any atom is 0.409 e. The van der Waals surface area contributed by atoms with Crippen LogP contribution in [-0.2, 0) is 9.53 Å². The van der Waals surface area contributed by atoms with Crippen LogP contribution in [0.5, 0.6) is 0 Å². The van der Waals surface area contributed by atoms with Crippen molar-refractivity contribution in [2.45, 2.75) is 109 Å². The van der Waals surface area contributed by atoms with Crippen LogP contribution in [0.2, 0.25) is 0 Å². The minimum absolute atomic E-state index is 0.131. The molecule has 28 heavy (non-hydrogen) atoms. The molecule has 1 fully saturated rings. The van der Waals surface area contributed by atoms with Crippen LogP contribution >= 0.6 is 0 Å². The lowest BCUT2D eigenvalue weighted by Crippen LogP contribution is -2.47. The zero-order valence-corrected chi connectivity index (χ0v) is 18.1. The molecular formula is C22H43N3O3. The van der Waals surface area contributed by atoms with E-state index in [1.54, 1.807) is 4.90 Å². The number of ether oxygens (including phenoxy) is 1. The number of likely N-dealkylation sites (tertiary alicyclic amines) is 1. The predicted molar refractivity (Wildman–Crippen MR) is 114 cm³/mol. The molecule has 1 saturated heterocycles. The highest BCUT2D eigenvalue weighted by Gasteiger charge is 2.29. The fraction of sp³-hybridized carbons (Fsp3) is 0.909. The lowest BCUT2D eigenvalue weighted by Gasteiger charge is -2.35. The van der Waals surface area contributed by atoms with Crippen LogP contribution in [0, 0.1) is 0 Å². The molecule has 0 aromatic rings. The van der Waals surface area contributed by atoms with Crippen LogP contribution in [0.1, 0.15) is 103 Å². The van der Waals surface area contributed by atoms with Gasteiger partial charge in [-0.05, 0) is 38.6 Å². The van der Waals surface area contributed by atoms with Gasteiger partial charge in [0, 0.05) is 25.9 Å². The van der Waals surface area contributed by atoms with Crippen molar-refractivity contribution in [2.24, 2.45) is 5.73 Å². The Bertz CT molecular complexity index is 418. The summed E-state index contributed by atoms with van der Waals surface area (Å²) in [5.74, 6) is 0.131. The molecule has 0 aromatic carbocycles. The third kappa shape index (κ3) is 11.5. The van der Waals surface area contributed by atoms with Crippen molar-refractivity contribution >= 4 is 12.0 Å². The Labute approximate surface area is 171 Å². The molecule has 1 rings (SSSR count). The molecule has 6 heteroatoms. The Kier molecular flexibility index (Phi) is 14.7. The minimum Gasteiger partial charge on any atom is -0.425 e. The van der Waals surface area contributed by atoms with Crippen LogP contribution < -0.4 is 11.1 Å². The summed E-state index contributed by atoms with van der Waals surface area (Å²) in [6, 6.07) is 0. The van der Waals surface area contributed by atoms with E-state index in [2.05, 4.69) is 12.2 Å². The smallest absolute Gasteiger partial charge is 0.409 e. The van der Waals surface area contributed by atoms with Gasteiger partial charge in [-0.15, -0.1) is 0 Å². The number of piperidine rings is 1. The van der Waals surface area contributed by atoms with Gasteiger partial charge in [0.1, 0.15) is 0 Å². The first-order chi connectivity index (χ1) is 13.7. The van der Waals surface area contributed by atoms with Gasteiger partial charge in [-0.1, -0.05) is 58.3 Å². The molecule has 1 aliphatic heterocycles. The summed E-state index contributed by atoms with van der Waals surface area (Å²) in [6.07, 6.45) is 15.1. The number of hydrogen-bond donors (Lipinski definition) is 2. The first kappa shape index (κ1) is 24.7. The van der Waals surface area contributed by atoms with Gasteiger partial charge >= 0.3 is 6.09 Å². The van der Waals surface area contributed by atoms with Gasteiger partial charge in [0.05, 0.1) is 0 Å². The van der Waals surface area contributed by atoms with Crippen molar-refractivity contribution in [1.29, 1.82) is 0 Å². The number of amides is 2. The Morgan fingerprint density at radius 1 is 0.964 bits per heavy atom. The summed E-state index contributed by atoms with van der Waals surface area (Å²) in [5, 5.41) is 2.79. The van der Waals surface area contributed by atoms with E-state index in [0.717, 1.165) is 51.4 Å². The molecule has 0 unspecified atom stereocenters. The average Bonchev–Trinajstić information content (AvgIpc) is 2.70. The van der Waals surface area contributed by atoms with Crippen LogP contribution in [0.25, 0.3) is 0 Å². The zero-order chi connectivity index (χ0) is 20.5. The number of nitrogens with zero attached hydrogens (tertiary/aromatic N) is 1. The highest BCUT2D eigenvalue weighted by Crippen LogP contribution is 2.20. The van der Waals surface area contributed by atoms with Crippen molar-refractivity contribution in [1.82, 2.24) is 10.2 Å². The molecule has 1 heterocycles. The third-order valence-corrected chi connectivity index (χ3v) is 5.41.